The molecule has 1 rings (SSSR count). The van der Waals surface area contributed by atoms with Crippen molar-refractivity contribution in [1.29, 1.82) is 0 Å². The maximum Gasteiger partial charge on any atom is 0.242 e. The second-order valence-electron chi connectivity index (χ2n) is 1.80. The highest BCUT2D eigenvalue weighted by Crippen LogP contribution is 1.82. The van der Waals surface area contributed by atoms with Crippen molar-refractivity contribution in [2.45, 2.75) is 13.2 Å². The first-order valence-corrected chi connectivity index (χ1v) is 2.89. The lowest BCUT2D eigenvalue weighted by molar-refractivity contribution is 1.16. The van der Waals surface area contributed by atoms with E-state index in [0.29, 0.717) is 0 Å². The second kappa shape index (κ2) is 2.55. The molecule has 0 radical (unpaired) electrons. The summed E-state index contributed by atoms with van der Waals surface area (Å²) in [5.41, 5.74) is 0. The molecule has 1 aromatic heterocycles. The molecule has 0 aliphatic rings. The SMILES string of the molecule is CCBn1ccnc1. The largest absolute Gasteiger partial charge is 0.386 e. The van der Waals surface area contributed by atoms with Gasteiger partial charge in [0.1, 0.15) is 0 Å². The summed E-state index contributed by atoms with van der Waals surface area (Å²) in [7, 11) is 1.08. The number of hydrogen-bond acceptors (Lipinski definition) is 1. The van der Waals surface area contributed by atoms with Crippen LogP contribution in [0.2, 0.25) is 6.32 Å². The Kier molecular flexibility index (Phi) is 1.73. The van der Waals surface area contributed by atoms with Gasteiger partial charge in [0.15, 0.2) is 0 Å². The van der Waals surface area contributed by atoms with Gasteiger partial charge >= 0.3 is 0 Å². The van der Waals surface area contributed by atoms with E-state index in [1.54, 1.807) is 6.20 Å². The minimum atomic E-state index is 1.08. The average molecular weight is 108 g/mol. The molecule has 42 valence electrons. The predicted molar refractivity (Wildman–Crippen MR) is 35.3 cm³/mol. The molecule has 0 saturated heterocycles. The molecular formula is C5H9BN2. The standard InChI is InChI=1S/C5H9BN2/c1-2-6-8-4-3-7-5-8/h3-6H,2H2,1H3. The van der Waals surface area contributed by atoms with E-state index in [1.807, 2.05) is 12.5 Å². The third kappa shape index (κ3) is 1.12. The van der Waals surface area contributed by atoms with Crippen LogP contribution in [0.25, 0.3) is 0 Å². The van der Waals surface area contributed by atoms with E-state index in [2.05, 4.69) is 16.4 Å². The monoisotopic (exact) mass is 108 g/mol. The van der Waals surface area contributed by atoms with Crippen molar-refractivity contribution in [3.8, 4) is 0 Å². The Morgan fingerprint density at radius 3 is 3.12 bits per heavy atom. The van der Waals surface area contributed by atoms with Gasteiger partial charge in [0.05, 0.1) is 6.33 Å². The van der Waals surface area contributed by atoms with Gasteiger partial charge in [-0.2, -0.15) is 0 Å². The molecule has 0 saturated carbocycles. The molecule has 0 aromatic carbocycles. The molecule has 0 atom stereocenters. The zero-order valence-electron chi connectivity index (χ0n) is 5.04. The predicted octanol–water partition coefficient (Wildman–Crippen LogP) is 0.521. The summed E-state index contributed by atoms with van der Waals surface area (Å²) in [6, 6.07) is 0. The highest BCUT2D eigenvalue weighted by atomic mass is 14.9. The van der Waals surface area contributed by atoms with Crippen LogP contribution < -0.4 is 0 Å². The number of aromatic nitrogens is 2. The van der Waals surface area contributed by atoms with E-state index in [9.17, 15) is 0 Å². The van der Waals surface area contributed by atoms with E-state index in [1.165, 1.54) is 6.32 Å². The van der Waals surface area contributed by atoms with E-state index < -0.39 is 0 Å². The van der Waals surface area contributed by atoms with Gasteiger partial charge in [-0.25, -0.2) is 4.98 Å². The van der Waals surface area contributed by atoms with Gasteiger partial charge in [-0.05, 0) is 0 Å². The van der Waals surface area contributed by atoms with Gasteiger partial charge < -0.3 is 4.48 Å². The van der Waals surface area contributed by atoms with E-state index in [4.69, 9.17) is 0 Å². The van der Waals surface area contributed by atoms with Crippen LogP contribution in [0.1, 0.15) is 6.92 Å². The van der Waals surface area contributed by atoms with Crippen LogP contribution in [0, 0.1) is 0 Å². The Hall–Kier alpha value is -0.725. The zero-order valence-corrected chi connectivity index (χ0v) is 5.04. The fourth-order valence-electron chi connectivity index (χ4n) is 0.677. The van der Waals surface area contributed by atoms with Gasteiger partial charge in [0, 0.05) is 12.4 Å². The molecule has 1 aromatic rings. The lowest BCUT2D eigenvalue weighted by atomic mass is 9.91. The lowest BCUT2D eigenvalue weighted by Crippen LogP contribution is -1.99. The molecule has 3 heteroatoms. The van der Waals surface area contributed by atoms with Crippen molar-refractivity contribution in [3.63, 3.8) is 0 Å². The Labute approximate surface area is 49.8 Å². The van der Waals surface area contributed by atoms with Gasteiger partial charge in [-0.15, -0.1) is 0 Å². The molecule has 0 aliphatic carbocycles. The summed E-state index contributed by atoms with van der Waals surface area (Å²) in [5.74, 6) is 0. The summed E-state index contributed by atoms with van der Waals surface area (Å²) in [6.45, 7) is 2.15. The molecule has 0 aliphatic heterocycles. The van der Waals surface area contributed by atoms with Crippen molar-refractivity contribution < 1.29 is 0 Å². The molecule has 8 heavy (non-hydrogen) atoms. The number of imidazole rings is 1. The smallest absolute Gasteiger partial charge is 0.242 e. The van der Waals surface area contributed by atoms with Crippen LogP contribution in [0.5, 0.6) is 0 Å². The molecular weight excluding hydrogens is 98.9 g/mol. The topological polar surface area (TPSA) is 17.8 Å². The second-order valence-corrected chi connectivity index (χ2v) is 1.80. The molecule has 0 unspecified atom stereocenters. The van der Waals surface area contributed by atoms with Gasteiger partial charge in [-0.3, -0.25) is 0 Å². The summed E-state index contributed by atoms with van der Waals surface area (Å²) >= 11 is 0. The molecule has 0 fully saturated rings. The van der Waals surface area contributed by atoms with Crippen LogP contribution in [-0.2, 0) is 0 Å². The van der Waals surface area contributed by atoms with Gasteiger partial charge in [-0.1, -0.05) is 13.2 Å². The summed E-state index contributed by atoms with van der Waals surface area (Å²) in [5, 5.41) is 0. The van der Waals surface area contributed by atoms with Crippen LogP contribution in [0.4, 0.5) is 0 Å². The Bertz CT molecular complexity index is 136. The third-order valence-corrected chi connectivity index (χ3v) is 1.04. The normalized spacial score (nSPS) is 9.12. The first-order valence-electron chi connectivity index (χ1n) is 2.89. The maximum absolute atomic E-state index is 3.90. The van der Waals surface area contributed by atoms with Crippen LogP contribution in [-0.4, -0.2) is 16.9 Å². The summed E-state index contributed by atoms with van der Waals surface area (Å²) in [4.78, 5) is 3.90. The first kappa shape index (κ1) is 5.41. The lowest BCUT2D eigenvalue weighted by Gasteiger charge is -1.90. The third-order valence-electron chi connectivity index (χ3n) is 1.04. The quantitative estimate of drug-likeness (QED) is 0.505. The number of nitrogens with zero attached hydrogens (tertiary/aromatic N) is 2. The fourth-order valence-corrected chi connectivity index (χ4v) is 0.677. The van der Waals surface area contributed by atoms with E-state index in [0.717, 1.165) is 7.41 Å². The Morgan fingerprint density at radius 1 is 1.75 bits per heavy atom. The average Bonchev–Trinajstić information content (AvgIpc) is 2.19. The van der Waals surface area contributed by atoms with E-state index in [-0.39, 0.29) is 0 Å². The van der Waals surface area contributed by atoms with Crippen molar-refractivity contribution >= 4 is 7.41 Å². The van der Waals surface area contributed by atoms with Crippen LogP contribution in [0.15, 0.2) is 18.7 Å². The zero-order chi connectivity index (χ0) is 5.82. The summed E-state index contributed by atoms with van der Waals surface area (Å²) in [6.07, 6.45) is 6.79. The maximum atomic E-state index is 3.90. The number of rotatable bonds is 2. The Balaban J connectivity index is 2.50. The molecule has 2 nitrogen and oxygen atoms in total. The molecule has 0 spiro atoms. The molecule has 0 amide bonds. The first-order chi connectivity index (χ1) is 3.93. The van der Waals surface area contributed by atoms with Crippen molar-refractivity contribution in [1.82, 2.24) is 9.46 Å². The minimum Gasteiger partial charge on any atom is -0.386 e. The van der Waals surface area contributed by atoms with Gasteiger partial charge in [0.25, 0.3) is 0 Å². The van der Waals surface area contributed by atoms with E-state index >= 15 is 0 Å². The fraction of sp³-hybridized carbons (Fsp3) is 0.400. The highest BCUT2D eigenvalue weighted by molar-refractivity contribution is 6.33. The highest BCUT2D eigenvalue weighted by Gasteiger charge is 1.85. The van der Waals surface area contributed by atoms with Crippen LogP contribution >= 0.6 is 0 Å². The summed E-state index contributed by atoms with van der Waals surface area (Å²) < 4.78 is 2.07. The number of hydrogen-bond donors (Lipinski definition) is 0. The van der Waals surface area contributed by atoms with Crippen molar-refractivity contribution in [3.05, 3.63) is 18.7 Å². The van der Waals surface area contributed by atoms with Crippen LogP contribution in [0.3, 0.4) is 0 Å². The van der Waals surface area contributed by atoms with Gasteiger partial charge in [0.2, 0.25) is 7.41 Å². The molecule has 0 bridgehead atoms. The van der Waals surface area contributed by atoms with Crippen molar-refractivity contribution in [2.24, 2.45) is 0 Å². The minimum absolute atomic E-state index is 1.08. The Morgan fingerprint density at radius 2 is 2.62 bits per heavy atom. The molecule has 0 N–H and O–H groups in total. The molecule has 1 heterocycles. The van der Waals surface area contributed by atoms with Crippen molar-refractivity contribution in [2.75, 3.05) is 0 Å².